The van der Waals surface area contributed by atoms with E-state index in [2.05, 4.69) is 27.2 Å². The van der Waals surface area contributed by atoms with Crippen LogP contribution in [0.3, 0.4) is 0 Å². The third kappa shape index (κ3) is 10.7. The largest absolute Gasteiger partial charge is 0.465 e. The van der Waals surface area contributed by atoms with Crippen LogP contribution in [0.5, 0.6) is 17.2 Å². The van der Waals surface area contributed by atoms with E-state index in [0.717, 1.165) is 0 Å². The van der Waals surface area contributed by atoms with E-state index in [0.29, 0.717) is 56.4 Å². The highest BCUT2D eigenvalue weighted by Gasteiger charge is 2.13. The number of hydrogen-bond donors (Lipinski definition) is 2. The Balaban J connectivity index is 0.956. The van der Waals surface area contributed by atoms with Crippen molar-refractivity contribution in [3.63, 3.8) is 0 Å². The molecule has 58 heavy (non-hydrogen) atoms. The SMILES string of the molecule is COC(=O)c1ccc(C(=O)Nc2ccc(C(=O)Oc3ccc(C#Cc4ccc(OC(=O)c5ccc(NC(=O)c6ccc(OC(C)=O)cc6)cc5)cc4)cc3)cc2)cc1. The van der Waals surface area contributed by atoms with Crippen molar-refractivity contribution >= 4 is 47.1 Å². The number of methoxy groups -OCH3 is 1. The monoisotopic (exact) mass is 772 g/mol. The predicted molar refractivity (Wildman–Crippen MR) is 213 cm³/mol. The van der Waals surface area contributed by atoms with Crippen LogP contribution < -0.4 is 24.8 Å². The first-order valence-electron chi connectivity index (χ1n) is 17.5. The molecular weight excluding hydrogens is 741 g/mol. The second-order valence-corrected chi connectivity index (χ2v) is 12.3. The molecule has 0 aliphatic rings. The smallest absolute Gasteiger partial charge is 0.343 e. The summed E-state index contributed by atoms with van der Waals surface area (Å²) in [4.78, 5) is 73.4. The average molecular weight is 773 g/mol. The molecule has 0 saturated heterocycles. The molecule has 286 valence electrons. The molecule has 0 unspecified atom stereocenters. The fourth-order valence-electron chi connectivity index (χ4n) is 5.19. The molecule has 0 bridgehead atoms. The Labute approximate surface area is 332 Å². The molecule has 0 fully saturated rings. The van der Waals surface area contributed by atoms with E-state index in [-0.39, 0.29) is 22.9 Å². The van der Waals surface area contributed by atoms with E-state index in [1.807, 2.05) is 0 Å². The number of anilines is 2. The van der Waals surface area contributed by atoms with Gasteiger partial charge >= 0.3 is 23.9 Å². The van der Waals surface area contributed by atoms with E-state index >= 15 is 0 Å². The second kappa shape index (κ2) is 18.4. The Bertz CT molecular complexity index is 2540. The van der Waals surface area contributed by atoms with Crippen LogP contribution in [-0.4, -0.2) is 42.8 Å². The molecule has 0 aliphatic heterocycles. The van der Waals surface area contributed by atoms with Gasteiger partial charge in [0.15, 0.2) is 0 Å². The third-order valence-electron chi connectivity index (χ3n) is 8.18. The quantitative estimate of drug-likeness (QED) is 0.0800. The minimum Gasteiger partial charge on any atom is -0.465 e. The maximum Gasteiger partial charge on any atom is 0.343 e. The van der Waals surface area contributed by atoms with Gasteiger partial charge < -0.3 is 29.6 Å². The molecular formula is C46H32N2O10. The Morgan fingerprint density at radius 1 is 0.397 bits per heavy atom. The first-order chi connectivity index (χ1) is 28.0. The van der Waals surface area contributed by atoms with Crippen LogP contribution in [-0.2, 0) is 9.53 Å². The molecule has 0 radical (unpaired) electrons. The molecule has 0 aromatic heterocycles. The zero-order valence-electron chi connectivity index (χ0n) is 30.9. The van der Waals surface area contributed by atoms with Crippen LogP contribution in [0, 0.1) is 11.8 Å². The van der Waals surface area contributed by atoms with Crippen molar-refractivity contribution in [2.45, 2.75) is 6.92 Å². The highest BCUT2D eigenvalue weighted by molar-refractivity contribution is 6.05. The summed E-state index contributed by atoms with van der Waals surface area (Å²) in [6.07, 6.45) is 0. The molecule has 12 nitrogen and oxygen atoms in total. The Kier molecular flexibility index (Phi) is 12.5. The molecule has 0 saturated carbocycles. The number of hydrogen-bond acceptors (Lipinski definition) is 10. The second-order valence-electron chi connectivity index (χ2n) is 12.3. The van der Waals surface area contributed by atoms with Crippen molar-refractivity contribution in [3.8, 4) is 29.1 Å². The van der Waals surface area contributed by atoms with Gasteiger partial charge in [-0.25, -0.2) is 14.4 Å². The molecule has 6 aromatic rings. The van der Waals surface area contributed by atoms with Crippen LogP contribution >= 0.6 is 0 Å². The topological polar surface area (TPSA) is 163 Å². The molecule has 12 heteroatoms. The standard InChI is InChI=1S/C46H32N2O10/c1-29(49)56-39-27-17-33(18-28-39)43(51)48-38-21-15-36(16-22-38)46(54)58-41-25-7-31(8-26-41)4-3-30-5-23-40(24-6-30)57-45(53)35-13-19-37(20-14-35)47-42(50)32-9-11-34(12-10-32)44(52)55-2/h5-28H,1-2H3,(H,47,50)(H,48,51). The lowest BCUT2D eigenvalue weighted by atomic mass is 10.1. The number of carbonyl (C=O) groups excluding carboxylic acids is 6. The van der Waals surface area contributed by atoms with Crippen molar-refractivity contribution in [1.29, 1.82) is 0 Å². The van der Waals surface area contributed by atoms with Gasteiger partial charge in [0.05, 0.1) is 23.8 Å². The number of amides is 2. The van der Waals surface area contributed by atoms with Crippen LogP contribution in [0.25, 0.3) is 0 Å². The number of carbonyl (C=O) groups is 6. The Morgan fingerprint density at radius 3 is 1.09 bits per heavy atom. The summed E-state index contributed by atoms with van der Waals surface area (Å²) in [6.45, 7) is 1.29. The van der Waals surface area contributed by atoms with Crippen LogP contribution in [0.1, 0.15) is 69.8 Å². The van der Waals surface area contributed by atoms with Gasteiger partial charge in [0, 0.05) is 40.6 Å². The van der Waals surface area contributed by atoms with Gasteiger partial charge in [0.2, 0.25) is 0 Å². The average Bonchev–Trinajstić information content (AvgIpc) is 3.24. The summed E-state index contributed by atoms with van der Waals surface area (Å²) in [5.41, 5.74) is 3.88. The maximum absolute atomic E-state index is 12.7. The minimum atomic E-state index is -0.584. The lowest BCUT2D eigenvalue weighted by Crippen LogP contribution is -2.13. The fraction of sp³-hybridized carbons (Fsp3) is 0.0435. The van der Waals surface area contributed by atoms with E-state index in [4.69, 9.17) is 14.2 Å². The number of ether oxygens (including phenoxy) is 4. The lowest BCUT2D eigenvalue weighted by Gasteiger charge is -2.08. The normalized spacial score (nSPS) is 10.2. The van der Waals surface area contributed by atoms with Gasteiger partial charge in [-0.3, -0.25) is 14.4 Å². The number of esters is 4. The van der Waals surface area contributed by atoms with Gasteiger partial charge in [-0.1, -0.05) is 11.8 Å². The van der Waals surface area contributed by atoms with Crippen LogP contribution in [0.15, 0.2) is 146 Å². The van der Waals surface area contributed by atoms with Crippen molar-refractivity contribution in [2.24, 2.45) is 0 Å². The molecule has 2 amide bonds. The van der Waals surface area contributed by atoms with Crippen molar-refractivity contribution in [2.75, 3.05) is 17.7 Å². The van der Waals surface area contributed by atoms with Crippen molar-refractivity contribution < 1.29 is 47.7 Å². The van der Waals surface area contributed by atoms with Gasteiger partial charge in [-0.05, 0) is 146 Å². The minimum absolute atomic E-state index is 0.278. The molecule has 2 N–H and O–H groups in total. The summed E-state index contributed by atoms with van der Waals surface area (Å²) in [7, 11) is 1.28. The number of nitrogens with one attached hydrogen (secondary N) is 2. The zero-order valence-corrected chi connectivity index (χ0v) is 30.9. The molecule has 0 spiro atoms. The molecule has 0 heterocycles. The summed E-state index contributed by atoms with van der Waals surface area (Å²) in [5.74, 6) is 4.17. The zero-order chi connectivity index (χ0) is 41.0. The lowest BCUT2D eigenvalue weighted by molar-refractivity contribution is -0.131. The molecule has 0 aliphatic carbocycles. The number of benzene rings is 6. The summed E-state index contributed by atoms with van der Waals surface area (Å²) >= 11 is 0. The fourth-order valence-corrected chi connectivity index (χ4v) is 5.19. The molecule has 0 atom stereocenters. The van der Waals surface area contributed by atoms with E-state index in [1.165, 1.54) is 86.8 Å². The van der Waals surface area contributed by atoms with E-state index in [1.54, 1.807) is 72.8 Å². The van der Waals surface area contributed by atoms with Gasteiger partial charge in [0.1, 0.15) is 17.2 Å². The summed E-state index contributed by atoms with van der Waals surface area (Å²) in [5, 5.41) is 5.48. The van der Waals surface area contributed by atoms with Crippen molar-refractivity contribution in [1.82, 2.24) is 0 Å². The van der Waals surface area contributed by atoms with E-state index < -0.39 is 23.9 Å². The maximum atomic E-state index is 12.7. The first-order valence-corrected chi connectivity index (χ1v) is 17.5. The van der Waals surface area contributed by atoms with E-state index in [9.17, 15) is 28.8 Å². The Hall–Kier alpha value is -8.30. The van der Waals surface area contributed by atoms with Crippen molar-refractivity contribution in [3.05, 3.63) is 185 Å². The van der Waals surface area contributed by atoms with Gasteiger partial charge in [-0.15, -0.1) is 0 Å². The van der Waals surface area contributed by atoms with Gasteiger partial charge in [-0.2, -0.15) is 0 Å². The first kappa shape index (κ1) is 39.4. The number of rotatable bonds is 10. The molecule has 6 aromatic carbocycles. The predicted octanol–water partition coefficient (Wildman–Crippen LogP) is 7.74. The van der Waals surface area contributed by atoms with Crippen LogP contribution in [0.2, 0.25) is 0 Å². The molecule has 6 rings (SSSR count). The summed E-state index contributed by atoms with van der Waals surface area (Å²) in [6, 6.07) is 37.9. The Morgan fingerprint density at radius 2 is 0.707 bits per heavy atom. The van der Waals surface area contributed by atoms with Gasteiger partial charge in [0.25, 0.3) is 11.8 Å². The summed E-state index contributed by atoms with van der Waals surface area (Å²) < 4.78 is 20.6. The third-order valence-corrected chi connectivity index (χ3v) is 8.18. The highest BCUT2D eigenvalue weighted by Crippen LogP contribution is 2.20. The highest BCUT2D eigenvalue weighted by atomic mass is 16.5. The van der Waals surface area contributed by atoms with Crippen LogP contribution in [0.4, 0.5) is 11.4 Å².